The van der Waals surface area contributed by atoms with Crippen LogP contribution in [0.5, 0.6) is 0 Å². The molecule has 1 aromatic heterocycles. The average Bonchev–Trinajstić information content (AvgIpc) is 2.75. The van der Waals surface area contributed by atoms with Crippen LogP contribution >= 0.6 is 0 Å². The lowest BCUT2D eigenvalue weighted by molar-refractivity contribution is 0.346. The molecule has 4 rings (SSSR count). The molecule has 0 atom stereocenters. The Labute approximate surface area is 161 Å². The molecule has 0 amide bonds. The molecule has 7 heteroatoms. The van der Waals surface area contributed by atoms with Gasteiger partial charge in [-0.2, -0.15) is 4.31 Å². The zero-order valence-corrected chi connectivity index (χ0v) is 16.3. The quantitative estimate of drug-likeness (QED) is 0.808. The molecule has 3 heterocycles. The van der Waals surface area contributed by atoms with Gasteiger partial charge in [0.05, 0.1) is 0 Å². The largest absolute Gasteiger partial charge is 0.368 e. The molecule has 0 aliphatic carbocycles. The van der Waals surface area contributed by atoms with Gasteiger partial charge in [-0.3, -0.25) is 0 Å². The molecule has 0 bridgehead atoms. The number of pyridine rings is 1. The molecular weight excluding hydrogens is 360 g/mol. The van der Waals surface area contributed by atoms with Gasteiger partial charge in [0, 0.05) is 51.2 Å². The third-order valence-electron chi connectivity index (χ3n) is 5.40. The number of para-hydroxylation sites is 1. The monoisotopic (exact) mass is 386 g/mol. The number of rotatable bonds is 4. The van der Waals surface area contributed by atoms with Crippen LogP contribution in [0.2, 0.25) is 0 Å². The Bertz CT molecular complexity index is 841. The normalized spacial score (nSPS) is 19.3. The van der Waals surface area contributed by atoms with Gasteiger partial charge in [-0.1, -0.05) is 24.6 Å². The van der Waals surface area contributed by atoms with E-state index in [1.807, 2.05) is 12.1 Å². The first kappa shape index (κ1) is 18.3. The number of anilines is 2. The van der Waals surface area contributed by atoms with Crippen molar-refractivity contribution >= 4 is 21.5 Å². The molecule has 0 unspecified atom stereocenters. The van der Waals surface area contributed by atoms with Crippen molar-refractivity contribution < 1.29 is 8.42 Å². The molecule has 2 aliphatic heterocycles. The molecule has 0 saturated carbocycles. The van der Waals surface area contributed by atoms with Gasteiger partial charge in [0.15, 0.2) is 0 Å². The molecule has 27 heavy (non-hydrogen) atoms. The molecular formula is C20H26N4O2S. The van der Waals surface area contributed by atoms with Crippen molar-refractivity contribution in [3.05, 3.63) is 48.7 Å². The molecule has 2 aromatic rings. The van der Waals surface area contributed by atoms with Gasteiger partial charge in [0.25, 0.3) is 0 Å². The van der Waals surface area contributed by atoms with E-state index in [0.29, 0.717) is 18.0 Å². The SMILES string of the molecule is O=S(=O)(c1ccc(N2CCN(c3ccccc3)CC2)nc1)N1CCCCC1. The standard InChI is InChI=1S/C20H26N4O2S/c25-27(26,24-11-5-2-6-12-24)19-9-10-20(21-17-19)23-15-13-22(14-16-23)18-7-3-1-4-8-18/h1,3-4,7-10,17H,2,5-6,11-16H2. The van der Waals surface area contributed by atoms with E-state index in [2.05, 4.69) is 39.0 Å². The number of aromatic nitrogens is 1. The molecule has 2 aliphatic rings. The Morgan fingerprint density at radius 2 is 1.41 bits per heavy atom. The van der Waals surface area contributed by atoms with Crippen LogP contribution < -0.4 is 9.80 Å². The van der Waals surface area contributed by atoms with Gasteiger partial charge in [-0.05, 0) is 37.1 Å². The number of benzene rings is 1. The maximum Gasteiger partial charge on any atom is 0.244 e. The van der Waals surface area contributed by atoms with Gasteiger partial charge in [-0.25, -0.2) is 13.4 Å². The van der Waals surface area contributed by atoms with Crippen molar-refractivity contribution in [2.45, 2.75) is 24.2 Å². The first-order chi connectivity index (χ1) is 13.1. The second-order valence-electron chi connectivity index (χ2n) is 7.13. The number of hydrogen-bond acceptors (Lipinski definition) is 5. The summed E-state index contributed by atoms with van der Waals surface area (Å²) >= 11 is 0. The van der Waals surface area contributed by atoms with Gasteiger partial charge >= 0.3 is 0 Å². The van der Waals surface area contributed by atoms with E-state index in [4.69, 9.17) is 0 Å². The number of hydrogen-bond donors (Lipinski definition) is 0. The summed E-state index contributed by atoms with van der Waals surface area (Å²) in [4.78, 5) is 9.35. The van der Waals surface area contributed by atoms with Crippen molar-refractivity contribution in [3.63, 3.8) is 0 Å². The van der Waals surface area contributed by atoms with Crippen LogP contribution in [0.15, 0.2) is 53.6 Å². The van der Waals surface area contributed by atoms with Gasteiger partial charge in [-0.15, -0.1) is 0 Å². The zero-order chi connectivity index (χ0) is 18.7. The predicted molar refractivity (Wildman–Crippen MR) is 108 cm³/mol. The van der Waals surface area contributed by atoms with Crippen molar-refractivity contribution in [1.29, 1.82) is 0 Å². The Hall–Kier alpha value is -2.12. The fraction of sp³-hybridized carbons (Fsp3) is 0.450. The van der Waals surface area contributed by atoms with Crippen molar-refractivity contribution in [2.75, 3.05) is 49.1 Å². The summed E-state index contributed by atoms with van der Waals surface area (Å²) in [5.41, 5.74) is 1.24. The average molecular weight is 387 g/mol. The van der Waals surface area contributed by atoms with Gasteiger partial charge in [0.1, 0.15) is 10.7 Å². The Morgan fingerprint density at radius 1 is 0.741 bits per heavy atom. The number of piperidine rings is 1. The lowest BCUT2D eigenvalue weighted by Gasteiger charge is -2.36. The maximum atomic E-state index is 12.7. The van der Waals surface area contributed by atoms with E-state index in [-0.39, 0.29) is 0 Å². The van der Waals surface area contributed by atoms with E-state index >= 15 is 0 Å². The molecule has 2 fully saturated rings. The predicted octanol–water partition coefficient (Wildman–Crippen LogP) is 2.58. The molecule has 144 valence electrons. The molecule has 0 N–H and O–H groups in total. The summed E-state index contributed by atoms with van der Waals surface area (Å²) in [7, 11) is -3.41. The van der Waals surface area contributed by atoms with Gasteiger partial charge < -0.3 is 9.80 Å². The van der Waals surface area contributed by atoms with E-state index in [9.17, 15) is 8.42 Å². The highest BCUT2D eigenvalue weighted by molar-refractivity contribution is 7.89. The summed E-state index contributed by atoms with van der Waals surface area (Å²) in [5.74, 6) is 0.848. The van der Waals surface area contributed by atoms with Crippen LogP contribution in [0.3, 0.4) is 0 Å². The number of sulfonamides is 1. The third-order valence-corrected chi connectivity index (χ3v) is 7.28. The van der Waals surface area contributed by atoms with E-state index in [0.717, 1.165) is 51.3 Å². The maximum absolute atomic E-state index is 12.7. The first-order valence-corrected chi connectivity index (χ1v) is 11.1. The summed E-state index contributed by atoms with van der Waals surface area (Å²) in [6.07, 6.45) is 4.51. The number of piperazine rings is 1. The lowest BCUT2D eigenvalue weighted by Crippen LogP contribution is -2.46. The van der Waals surface area contributed by atoms with Crippen LogP contribution in [0, 0.1) is 0 Å². The summed E-state index contributed by atoms with van der Waals surface area (Å²) in [6, 6.07) is 14.0. The van der Waals surface area contributed by atoms with Crippen LogP contribution in [-0.4, -0.2) is 57.0 Å². The minimum atomic E-state index is -3.41. The third kappa shape index (κ3) is 3.94. The Balaban J connectivity index is 1.41. The van der Waals surface area contributed by atoms with Crippen LogP contribution in [-0.2, 0) is 10.0 Å². The van der Waals surface area contributed by atoms with Crippen LogP contribution in [0.4, 0.5) is 11.5 Å². The summed E-state index contributed by atoms with van der Waals surface area (Å²) < 4.78 is 27.1. The minimum absolute atomic E-state index is 0.302. The second kappa shape index (κ2) is 7.86. The Kier molecular flexibility index (Phi) is 5.31. The van der Waals surface area contributed by atoms with E-state index < -0.39 is 10.0 Å². The molecule has 2 saturated heterocycles. The Morgan fingerprint density at radius 3 is 2.04 bits per heavy atom. The molecule has 1 aromatic carbocycles. The van der Waals surface area contributed by atoms with Crippen LogP contribution in [0.25, 0.3) is 0 Å². The highest BCUT2D eigenvalue weighted by Crippen LogP contribution is 2.23. The topological polar surface area (TPSA) is 56.8 Å². The second-order valence-corrected chi connectivity index (χ2v) is 9.06. The summed E-state index contributed by atoms with van der Waals surface area (Å²) in [6.45, 7) is 4.84. The van der Waals surface area contributed by atoms with Crippen molar-refractivity contribution in [3.8, 4) is 0 Å². The smallest absolute Gasteiger partial charge is 0.244 e. The fourth-order valence-electron chi connectivity index (χ4n) is 3.80. The summed E-state index contributed by atoms with van der Waals surface area (Å²) in [5, 5.41) is 0. The van der Waals surface area contributed by atoms with Crippen LogP contribution in [0.1, 0.15) is 19.3 Å². The van der Waals surface area contributed by atoms with E-state index in [1.165, 1.54) is 11.9 Å². The fourth-order valence-corrected chi connectivity index (χ4v) is 5.26. The lowest BCUT2D eigenvalue weighted by atomic mass is 10.2. The van der Waals surface area contributed by atoms with Crippen molar-refractivity contribution in [2.24, 2.45) is 0 Å². The van der Waals surface area contributed by atoms with Gasteiger partial charge in [0.2, 0.25) is 10.0 Å². The first-order valence-electron chi connectivity index (χ1n) is 9.66. The zero-order valence-electron chi connectivity index (χ0n) is 15.5. The molecule has 0 spiro atoms. The minimum Gasteiger partial charge on any atom is -0.368 e. The van der Waals surface area contributed by atoms with Crippen molar-refractivity contribution in [1.82, 2.24) is 9.29 Å². The highest BCUT2D eigenvalue weighted by atomic mass is 32.2. The molecule has 6 nitrogen and oxygen atoms in total. The number of nitrogens with zero attached hydrogens (tertiary/aromatic N) is 4. The van der Waals surface area contributed by atoms with E-state index in [1.54, 1.807) is 10.4 Å². The highest BCUT2D eigenvalue weighted by Gasteiger charge is 2.26. The molecule has 0 radical (unpaired) electrons.